The van der Waals surface area contributed by atoms with Crippen LogP contribution in [0, 0.1) is 4.78 Å². The monoisotopic (exact) mass is 537 g/mol. The van der Waals surface area contributed by atoms with E-state index in [4.69, 9.17) is 9.52 Å². The Hall–Kier alpha value is -2.77. The minimum atomic E-state index is -4.86. The molecule has 0 amide bonds. The summed E-state index contributed by atoms with van der Waals surface area (Å²) in [5.74, 6) is -0.483. The highest BCUT2D eigenvalue weighted by atomic mass is 32.2. The zero-order chi connectivity index (χ0) is 25.5. The molecule has 4 atom stereocenters. The molecule has 2 aliphatic heterocycles. The van der Waals surface area contributed by atoms with Gasteiger partial charge >= 0.3 is 6.36 Å². The smallest absolute Gasteiger partial charge is 0.406 e. The number of hydrogen-bond acceptors (Lipinski definition) is 7. The van der Waals surface area contributed by atoms with Crippen molar-refractivity contribution >= 4 is 33.1 Å². The second kappa shape index (κ2) is 9.60. The first-order chi connectivity index (χ1) is 17.1. The van der Waals surface area contributed by atoms with Crippen LogP contribution in [0.4, 0.5) is 24.5 Å². The number of benzene rings is 3. The van der Waals surface area contributed by atoms with Gasteiger partial charge in [-0.25, -0.2) is 13.7 Å². The van der Waals surface area contributed by atoms with E-state index in [1.165, 1.54) is 0 Å². The highest BCUT2D eigenvalue weighted by Crippen LogP contribution is 2.49. The van der Waals surface area contributed by atoms with E-state index in [2.05, 4.69) is 9.46 Å². The number of nitrogens with one attached hydrogen (secondary N) is 2. The van der Waals surface area contributed by atoms with Crippen molar-refractivity contribution in [2.24, 2.45) is 0 Å². The van der Waals surface area contributed by atoms with Crippen LogP contribution < -0.4 is 14.4 Å². The van der Waals surface area contributed by atoms with Crippen molar-refractivity contribution in [3.05, 3.63) is 72.8 Å². The molecule has 12 heteroatoms. The Morgan fingerprint density at radius 2 is 1.58 bits per heavy atom. The number of aliphatic hydroxyl groups is 1. The predicted octanol–water partition coefficient (Wildman–Crippen LogP) is 4.93. The molecule has 2 heterocycles. The van der Waals surface area contributed by atoms with E-state index in [-0.39, 0.29) is 18.1 Å². The Morgan fingerprint density at radius 1 is 1.00 bits per heavy atom. The van der Waals surface area contributed by atoms with E-state index < -0.39 is 40.2 Å². The topological polar surface area (TPSA) is 94.9 Å². The molecule has 3 aromatic carbocycles. The molecule has 36 heavy (non-hydrogen) atoms. The fourth-order valence-electron chi connectivity index (χ4n) is 4.32. The molecule has 0 bridgehead atoms. The molecular formula is C24H22F3N3O4S2. The molecule has 0 aromatic heterocycles. The van der Waals surface area contributed by atoms with Crippen molar-refractivity contribution in [2.75, 3.05) is 18.1 Å². The number of aliphatic hydroxyl groups excluding tert-OH is 1. The number of anilines is 2. The van der Waals surface area contributed by atoms with Gasteiger partial charge in [0.15, 0.2) is 0 Å². The predicted molar refractivity (Wildman–Crippen MR) is 129 cm³/mol. The normalized spacial score (nSPS) is 23.3. The number of hydrogen-bond donors (Lipinski definition) is 3. The molecule has 0 spiro atoms. The summed E-state index contributed by atoms with van der Waals surface area (Å²) in [7, 11) is -3.68. The van der Waals surface area contributed by atoms with Crippen LogP contribution in [0.15, 0.2) is 87.5 Å². The third kappa shape index (κ3) is 5.04. The molecule has 4 unspecified atom stereocenters. The van der Waals surface area contributed by atoms with Gasteiger partial charge in [0.05, 0.1) is 47.7 Å². The molecule has 3 aromatic rings. The van der Waals surface area contributed by atoms with E-state index in [1.54, 1.807) is 11.8 Å². The number of fused-ring (bicyclic) bond motifs is 2. The quantitative estimate of drug-likeness (QED) is 0.428. The maximum absolute atomic E-state index is 13.2. The molecule has 5 rings (SSSR count). The van der Waals surface area contributed by atoms with Crippen LogP contribution in [0.2, 0.25) is 0 Å². The number of ether oxygens (including phenoxy) is 2. The number of nitrogens with zero attached hydrogens (tertiary/aromatic N) is 1. The average molecular weight is 538 g/mol. The highest BCUT2D eigenvalue weighted by molar-refractivity contribution is 7.99. The van der Waals surface area contributed by atoms with E-state index in [1.807, 2.05) is 53.4 Å². The van der Waals surface area contributed by atoms with Gasteiger partial charge in [0.1, 0.15) is 15.7 Å². The van der Waals surface area contributed by atoms with Crippen molar-refractivity contribution in [3.63, 3.8) is 0 Å². The molecular weight excluding hydrogens is 515 g/mol. The lowest BCUT2D eigenvalue weighted by Gasteiger charge is -2.45. The third-order valence-corrected chi connectivity index (χ3v) is 8.60. The van der Waals surface area contributed by atoms with Crippen molar-refractivity contribution in [1.82, 2.24) is 4.72 Å². The number of para-hydroxylation sites is 2. The van der Waals surface area contributed by atoms with Gasteiger partial charge in [-0.15, -0.1) is 13.2 Å². The summed E-state index contributed by atoms with van der Waals surface area (Å²) < 4.78 is 71.1. The minimum Gasteiger partial charge on any atom is -0.406 e. The van der Waals surface area contributed by atoms with Gasteiger partial charge in [0.25, 0.3) is 0 Å². The summed E-state index contributed by atoms with van der Waals surface area (Å²) in [6.45, 7) is 0.212. The van der Waals surface area contributed by atoms with Crippen molar-refractivity contribution < 1.29 is 32.0 Å². The Kier molecular flexibility index (Phi) is 6.64. The fraction of sp³-hybridized carbons (Fsp3) is 0.250. The zero-order valence-corrected chi connectivity index (χ0v) is 20.3. The molecule has 0 aliphatic carbocycles. The van der Waals surface area contributed by atoms with E-state index >= 15 is 0 Å². The summed E-state index contributed by atoms with van der Waals surface area (Å²) in [6.07, 6.45) is -5.92. The largest absolute Gasteiger partial charge is 0.573 e. The first kappa shape index (κ1) is 24.9. The summed E-state index contributed by atoms with van der Waals surface area (Å²) >= 11 is 1.63. The zero-order valence-electron chi connectivity index (χ0n) is 18.6. The van der Waals surface area contributed by atoms with Gasteiger partial charge in [-0.2, -0.15) is 0 Å². The Labute approximate surface area is 210 Å². The van der Waals surface area contributed by atoms with Gasteiger partial charge in [0.2, 0.25) is 0 Å². The van der Waals surface area contributed by atoms with E-state index in [0.29, 0.717) is 0 Å². The van der Waals surface area contributed by atoms with Crippen molar-refractivity contribution in [1.29, 1.82) is 4.78 Å². The SMILES string of the molecule is N=S(=O)(NC1COCC(N2c3ccccc3Sc3ccccc32)C1O)c1ccc(OC(F)(F)F)cc1. The van der Waals surface area contributed by atoms with Gasteiger partial charge in [-0.05, 0) is 48.5 Å². The molecule has 7 nitrogen and oxygen atoms in total. The number of halogens is 3. The summed E-state index contributed by atoms with van der Waals surface area (Å²) in [5, 5.41) is 11.4. The van der Waals surface area contributed by atoms with Crippen molar-refractivity contribution in [3.8, 4) is 5.75 Å². The van der Waals surface area contributed by atoms with Crippen LogP contribution in [0.3, 0.4) is 0 Å². The van der Waals surface area contributed by atoms with E-state index in [0.717, 1.165) is 45.4 Å². The summed E-state index contributed by atoms with van der Waals surface area (Å²) in [4.78, 5) is 4.00. The van der Waals surface area contributed by atoms with Crippen LogP contribution in [0.25, 0.3) is 0 Å². The average Bonchev–Trinajstić information content (AvgIpc) is 2.83. The Balaban J connectivity index is 1.39. The number of rotatable bonds is 5. The molecule has 190 valence electrons. The van der Waals surface area contributed by atoms with Crippen LogP contribution in [-0.4, -0.2) is 47.1 Å². The second-order valence-corrected chi connectivity index (χ2v) is 11.2. The first-order valence-electron chi connectivity index (χ1n) is 11.0. The van der Waals surface area contributed by atoms with Crippen molar-refractivity contribution in [2.45, 2.75) is 39.2 Å². The third-order valence-electron chi connectivity index (χ3n) is 5.90. The molecule has 0 radical (unpaired) electrons. The number of alkyl halides is 3. The summed E-state index contributed by atoms with van der Waals surface area (Å²) in [6, 6.07) is 18.5. The first-order valence-corrected chi connectivity index (χ1v) is 13.3. The van der Waals surface area contributed by atoms with Gasteiger partial charge in [-0.3, -0.25) is 0 Å². The van der Waals surface area contributed by atoms with Gasteiger partial charge in [0, 0.05) is 9.79 Å². The second-order valence-electron chi connectivity index (χ2n) is 8.30. The molecule has 2 aliphatic rings. The van der Waals surface area contributed by atoms with Gasteiger partial charge < -0.3 is 19.5 Å². The standard InChI is InChI=1S/C24H22F3N3O4S2/c25-24(26,27)34-15-9-11-16(12-10-15)36(28,32)29-17-13-33-14-20(23(17)31)30-18-5-1-3-7-21(18)35-22-8-4-2-6-19(22)30/h1-12,17,20,23,31H,13-14H2,(H2,28,29,32). The maximum atomic E-state index is 13.2. The highest BCUT2D eigenvalue weighted by Gasteiger charge is 2.41. The Bertz CT molecular complexity index is 1310. The van der Waals surface area contributed by atoms with Crippen LogP contribution >= 0.6 is 11.8 Å². The molecule has 3 N–H and O–H groups in total. The summed E-state index contributed by atoms with van der Waals surface area (Å²) in [5.41, 5.74) is 1.81. The van der Waals surface area contributed by atoms with Crippen LogP contribution in [-0.2, 0) is 14.7 Å². The molecule has 1 saturated heterocycles. The van der Waals surface area contributed by atoms with E-state index in [9.17, 15) is 22.5 Å². The lowest BCUT2D eigenvalue weighted by Crippen LogP contribution is -2.60. The van der Waals surface area contributed by atoms with Gasteiger partial charge in [-0.1, -0.05) is 36.0 Å². The Morgan fingerprint density at radius 3 is 2.17 bits per heavy atom. The fourth-order valence-corrected chi connectivity index (χ4v) is 6.68. The lowest BCUT2D eigenvalue weighted by atomic mass is 9.99. The van der Waals surface area contributed by atoms with Crippen LogP contribution in [0.5, 0.6) is 5.75 Å². The molecule has 0 saturated carbocycles. The maximum Gasteiger partial charge on any atom is 0.573 e. The minimum absolute atomic E-state index is 0.00862. The molecule has 1 fully saturated rings. The van der Waals surface area contributed by atoms with Crippen LogP contribution in [0.1, 0.15) is 0 Å². The lowest BCUT2D eigenvalue weighted by molar-refractivity contribution is -0.274.